The zero-order valence-electron chi connectivity index (χ0n) is 13.8. The number of carbonyl (C=O) groups is 2. The van der Waals surface area contributed by atoms with Gasteiger partial charge in [0.2, 0.25) is 0 Å². The fourth-order valence-electron chi connectivity index (χ4n) is 3.03. The molecule has 0 saturated carbocycles. The Balaban J connectivity index is 1.84. The molecule has 126 valence electrons. The van der Waals surface area contributed by atoms with Crippen molar-refractivity contribution in [3.8, 4) is 11.3 Å². The van der Waals surface area contributed by atoms with Gasteiger partial charge in [0.1, 0.15) is 11.5 Å². The molecular weight excluding hydrogens is 306 g/mol. The van der Waals surface area contributed by atoms with Crippen LogP contribution >= 0.6 is 0 Å². The minimum atomic E-state index is -0.452. The van der Waals surface area contributed by atoms with Crippen LogP contribution in [0.25, 0.3) is 11.3 Å². The first kappa shape index (κ1) is 16.1. The van der Waals surface area contributed by atoms with Gasteiger partial charge < -0.3 is 20.4 Å². The van der Waals surface area contributed by atoms with Crippen molar-refractivity contribution in [3.63, 3.8) is 0 Å². The van der Waals surface area contributed by atoms with Crippen LogP contribution in [0.15, 0.2) is 34.7 Å². The number of benzene rings is 1. The topological polar surface area (TPSA) is 88.6 Å². The zero-order valence-corrected chi connectivity index (χ0v) is 13.8. The molecule has 0 aliphatic carbocycles. The molecule has 1 aromatic heterocycles. The van der Waals surface area contributed by atoms with Gasteiger partial charge in [-0.1, -0.05) is 30.3 Å². The molecule has 1 atom stereocenters. The molecule has 6 nitrogen and oxygen atoms in total. The van der Waals surface area contributed by atoms with Gasteiger partial charge in [0.25, 0.3) is 5.91 Å². The Morgan fingerprint density at radius 2 is 1.96 bits per heavy atom. The highest BCUT2D eigenvalue weighted by Gasteiger charge is 2.29. The number of hydrogen-bond donors (Lipinski definition) is 2. The van der Waals surface area contributed by atoms with Gasteiger partial charge in [-0.25, -0.2) is 4.79 Å². The Bertz CT molecular complexity index is 767. The third-order valence-corrected chi connectivity index (χ3v) is 4.48. The first-order valence-electron chi connectivity index (χ1n) is 7.98. The predicted octanol–water partition coefficient (Wildman–Crippen LogP) is 2.45. The van der Waals surface area contributed by atoms with Crippen molar-refractivity contribution in [2.75, 3.05) is 13.1 Å². The van der Waals surface area contributed by atoms with E-state index in [4.69, 9.17) is 10.2 Å². The first-order chi connectivity index (χ1) is 11.5. The Kier molecular flexibility index (Phi) is 4.29. The number of aryl methyl sites for hydroxylation is 1. The van der Waals surface area contributed by atoms with E-state index in [0.717, 1.165) is 16.9 Å². The van der Waals surface area contributed by atoms with Gasteiger partial charge in [-0.2, -0.15) is 0 Å². The van der Waals surface area contributed by atoms with E-state index in [1.54, 1.807) is 0 Å². The lowest BCUT2D eigenvalue weighted by atomic mass is 10.0. The number of rotatable bonds is 3. The summed E-state index contributed by atoms with van der Waals surface area (Å²) >= 11 is 0. The molecule has 1 fully saturated rings. The molecule has 0 bridgehead atoms. The van der Waals surface area contributed by atoms with Gasteiger partial charge in [-0.3, -0.25) is 4.79 Å². The number of primary amides is 1. The Hall–Kier alpha value is -2.76. The molecule has 1 aliphatic heterocycles. The normalized spacial score (nSPS) is 17.1. The van der Waals surface area contributed by atoms with Crippen LogP contribution in [0, 0.1) is 13.8 Å². The van der Waals surface area contributed by atoms with Gasteiger partial charge in [0.15, 0.2) is 0 Å². The van der Waals surface area contributed by atoms with Crippen LogP contribution in [-0.4, -0.2) is 36.0 Å². The number of likely N-dealkylation sites (tertiary alicyclic amines) is 1. The Labute approximate surface area is 140 Å². The van der Waals surface area contributed by atoms with Crippen molar-refractivity contribution in [1.29, 1.82) is 0 Å². The van der Waals surface area contributed by atoms with E-state index in [2.05, 4.69) is 5.32 Å². The summed E-state index contributed by atoms with van der Waals surface area (Å²) in [6.07, 6.45) is 0.700. The molecule has 3 rings (SSSR count). The number of furan rings is 1. The Morgan fingerprint density at radius 3 is 2.58 bits per heavy atom. The van der Waals surface area contributed by atoms with E-state index >= 15 is 0 Å². The second kappa shape index (κ2) is 6.39. The number of nitrogens with two attached hydrogens (primary N) is 1. The third-order valence-electron chi connectivity index (χ3n) is 4.48. The van der Waals surface area contributed by atoms with Crippen molar-refractivity contribution in [2.24, 2.45) is 5.73 Å². The quantitative estimate of drug-likeness (QED) is 0.907. The van der Waals surface area contributed by atoms with Gasteiger partial charge >= 0.3 is 6.03 Å². The van der Waals surface area contributed by atoms with E-state index < -0.39 is 6.03 Å². The highest BCUT2D eigenvalue weighted by atomic mass is 16.3. The molecule has 1 aliphatic rings. The fraction of sp³-hybridized carbons (Fsp3) is 0.333. The maximum Gasteiger partial charge on any atom is 0.314 e. The smallest absolute Gasteiger partial charge is 0.314 e. The lowest BCUT2D eigenvalue weighted by Crippen LogP contribution is -2.40. The summed E-state index contributed by atoms with van der Waals surface area (Å²) in [5.41, 5.74) is 7.54. The van der Waals surface area contributed by atoms with E-state index in [9.17, 15) is 9.59 Å². The average molecular weight is 327 g/mol. The largest absolute Gasteiger partial charge is 0.460 e. The lowest BCUT2D eigenvalue weighted by molar-refractivity contribution is 0.0937. The third kappa shape index (κ3) is 2.99. The molecule has 0 radical (unpaired) electrons. The molecule has 1 unspecified atom stereocenters. The molecule has 3 amide bonds. The maximum atomic E-state index is 12.8. The Morgan fingerprint density at radius 1 is 1.25 bits per heavy atom. The van der Waals surface area contributed by atoms with Crippen LogP contribution in [0.2, 0.25) is 0 Å². The van der Waals surface area contributed by atoms with E-state index in [1.165, 1.54) is 4.90 Å². The van der Waals surface area contributed by atoms with E-state index in [0.29, 0.717) is 30.8 Å². The molecule has 0 spiro atoms. The summed E-state index contributed by atoms with van der Waals surface area (Å²) in [6.45, 7) is 4.74. The standard InChI is InChI=1S/C18H21N3O3/c1-11-12(2)24-16(13-6-4-3-5-7-13)15(11)17(22)20-14-8-9-21(10-14)18(19)23/h3-7,14H,8-10H2,1-2H3,(H2,19,23)(H,20,22). The number of hydrogen-bond acceptors (Lipinski definition) is 3. The number of amides is 3. The molecule has 6 heteroatoms. The second-order valence-corrected chi connectivity index (χ2v) is 6.10. The first-order valence-corrected chi connectivity index (χ1v) is 7.98. The molecule has 2 heterocycles. The van der Waals surface area contributed by atoms with Crippen molar-refractivity contribution in [2.45, 2.75) is 26.3 Å². The van der Waals surface area contributed by atoms with Crippen LogP contribution in [0.3, 0.4) is 0 Å². The monoisotopic (exact) mass is 327 g/mol. The van der Waals surface area contributed by atoms with E-state index in [1.807, 2.05) is 44.2 Å². The molecule has 1 aromatic carbocycles. The van der Waals surface area contributed by atoms with E-state index in [-0.39, 0.29) is 11.9 Å². The van der Waals surface area contributed by atoms with Gasteiger partial charge in [0.05, 0.1) is 5.56 Å². The average Bonchev–Trinajstić information content (AvgIpc) is 3.14. The number of urea groups is 1. The summed E-state index contributed by atoms with van der Waals surface area (Å²) < 4.78 is 5.83. The van der Waals surface area contributed by atoms with Crippen LogP contribution in [0.4, 0.5) is 4.79 Å². The summed E-state index contributed by atoms with van der Waals surface area (Å²) in [7, 11) is 0. The SMILES string of the molecule is Cc1oc(-c2ccccc2)c(C(=O)NC2CCN(C(N)=O)C2)c1C. The molecule has 2 aromatic rings. The molecule has 1 saturated heterocycles. The molecular formula is C18H21N3O3. The minimum absolute atomic E-state index is 0.0942. The summed E-state index contributed by atoms with van der Waals surface area (Å²) in [6, 6.07) is 9.02. The summed E-state index contributed by atoms with van der Waals surface area (Å²) in [4.78, 5) is 25.6. The van der Waals surface area contributed by atoms with Gasteiger partial charge in [-0.05, 0) is 20.3 Å². The number of carbonyl (C=O) groups excluding carboxylic acids is 2. The van der Waals surface area contributed by atoms with Gasteiger partial charge in [0, 0.05) is 30.3 Å². The lowest BCUT2D eigenvalue weighted by Gasteiger charge is -2.15. The highest BCUT2D eigenvalue weighted by molar-refractivity contribution is 6.01. The highest BCUT2D eigenvalue weighted by Crippen LogP contribution is 2.31. The van der Waals surface area contributed by atoms with Crippen molar-refractivity contribution in [3.05, 3.63) is 47.2 Å². The zero-order chi connectivity index (χ0) is 17.3. The van der Waals surface area contributed by atoms with Crippen molar-refractivity contribution >= 4 is 11.9 Å². The van der Waals surface area contributed by atoms with Crippen molar-refractivity contribution < 1.29 is 14.0 Å². The second-order valence-electron chi connectivity index (χ2n) is 6.10. The van der Waals surface area contributed by atoms with Crippen LogP contribution < -0.4 is 11.1 Å². The fourth-order valence-corrected chi connectivity index (χ4v) is 3.03. The predicted molar refractivity (Wildman–Crippen MR) is 90.6 cm³/mol. The summed E-state index contributed by atoms with van der Waals surface area (Å²) in [5, 5.41) is 3.00. The van der Waals surface area contributed by atoms with Crippen LogP contribution in [0.1, 0.15) is 28.1 Å². The number of nitrogens with zero attached hydrogens (tertiary/aromatic N) is 1. The van der Waals surface area contributed by atoms with Crippen molar-refractivity contribution in [1.82, 2.24) is 10.2 Å². The number of nitrogens with one attached hydrogen (secondary N) is 1. The maximum absolute atomic E-state index is 12.8. The van der Waals surface area contributed by atoms with Gasteiger partial charge in [-0.15, -0.1) is 0 Å². The minimum Gasteiger partial charge on any atom is -0.460 e. The van der Waals surface area contributed by atoms with Crippen LogP contribution in [0.5, 0.6) is 0 Å². The molecule has 24 heavy (non-hydrogen) atoms. The summed E-state index contributed by atoms with van der Waals surface area (Å²) in [5.74, 6) is 1.12. The molecule has 3 N–H and O–H groups in total. The van der Waals surface area contributed by atoms with Crippen LogP contribution in [-0.2, 0) is 0 Å².